The van der Waals surface area contributed by atoms with Crippen molar-refractivity contribution in [3.63, 3.8) is 0 Å². The van der Waals surface area contributed by atoms with Crippen molar-refractivity contribution < 1.29 is 41.1 Å². The van der Waals surface area contributed by atoms with Crippen LogP contribution in [0.4, 0.5) is 0 Å². The number of hydrogen-bond acceptors (Lipinski definition) is 3. The monoisotopic (exact) mass is 257 g/mol. The maximum atomic E-state index is 10.2. The van der Waals surface area contributed by atoms with Crippen LogP contribution in [0, 0.1) is 13.8 Å². The molecule has 0 saturated carbocycles. The molecule has 0 amide bonds. The van der Waals surface area contributed by atoms with Crippen LogP contribution in [-0.4, -0.2) is 20.4 Å². The molecule has 10 heavy (non-hydrogen) atoms. The van der Waals surface area contributed by atoms with E-state index in [2.05, 4.69) is 13.8 Å². The Bertz CT molecular complexity index is 131. The second-order valence-electron chi connectivity index (χ2n) is 1.03. The third kappa shape index (κ3) is 22.7. The van der Waals surface area contributed by atoms with Crippen molar-refractivity contribution in [3.8, 4) is 0 Å². The molecular formula is C5H12O2S2Y-2. The Balaban J connectivity index is -0.000000149. The topological polar surface area (TPSA) is 34.1 Å². The van der Waals surface area contributed by atoms with Crippen molar-refractivity contribution >= 4 is 19.7 Å². The van der Waals surface area contributed by atoms with E-state index >= 15 is 0 Å². The summed E-state index contributed by atoms with van der Waals surface area (Å²) in [6.07, 6.45) is 1.17. The summed E-state index contributed by atoms with van der Waals surface area (Å²) in [6.45, 7) is 8.35. The van der Waals surface area contributed by atoms with E-state index < -0.39 is 8.87 Å². The second-order valence-corrected chi connectivity index (χ2v) is 5.60. The summed E-state index contributed by atoms with van der Waals surface area (Å²) >= 11 is 0. The molecule has 1 radical (unpaired) electrons. The van der Waals surface area contributed by atoms with Crippen LogP contribution in [0.25, 0.3) is 0 Å². The van der Waals surface area contributed by atoms with Gasteiger partial charge < -0.3 is 13.8 Å². The molecule has 0 aliphatic carbocycles. The maximum Gasteiger partial charge on any atom is 0.196 e. The van der Waals surface area contributed by atoms with Gasteiger partial charge in [0.25, 0.3) is 0 Å². The second kappa shape index (κ2) is 10.4. The van der Waals surface area contributed by atoms with Gasteiger partial charge in [0.05, 0.1) is 0 Å². The third-order valence-electron chi connectivity index (χ3n) is 0.297. The minimum absolute atomic E-state index is 0. The van der Waals surface area contributed by atoms with Crippen LogP contribution in [0.1, 0.15) is 6.92 Å². The summed E-state index contributed by atoms with van der Waals surface area (Å²) in [6, 6.07) is 0. The summed E-state index contributed by atoms with van der Waals surface area (Å²) < 4.78 is 20.3. The zero-order chi connectivity index (χ0) is 7.91. The van der Waals surface area contributed by atoms with Gasteiger partial charge in [0.1, 0.15) is 0 Å². The van der Waals surface area contributed by atoms with Crippen LogP contribution in [0.15, 0.2) is 0 Å². The fraction of sp³-hybridized carbons (Fsp3) is 0.600. The van der Waals surface area contributed by atoms with E-state index in [9.17, 15) is 8.42 Å². The fourth-order valence-corrected chi connectivity index (χ4v) is 1.36. The molecule has 0 aliphatic rings. The van der Waals surface area contributed by atoms with Crippen LogP contribution in [0.3, 0.4) is 0 Å². The van der Waals surface area contributed by atoms with Crippen molar-refractivity contribution in [3.05, 3.63) is 13.8 Å². The molecule has 0 aliphatic heterocycles. The van der Waals surface area contributed by atoms with Crippen LogP contribution in [0.5, 0.6) is 0 Å². The zero-order valence-electron chi connectivity index (χ0n) is 6.33. The number of hydrogen-bond donors (Lipinski definition) is 0. The molecule has 0 saturated heterocycles. The standard InChI is InChI=1S/C3H7O2S2.C2H5.Y/c1-3-6-7(2,4)5;1-2;/h1,3H2,2H3;1H2,2H3;/q2*-1;. The first-order valence-electron chi connectivity index (χ1n) is 2.40. The van der Waals surface area contributed by atoms with Gasteiger partial charge in [0.15, 0.2) is 8.87 Å². The molecule has 0 heterocycles. The third-order valence-corrected chi connectivity index (χ3v) is 2.68. The van der Waals surface area contributed by atoms with Crippen LogP contribution < -0.4 is 0 Å². The van der Waals surface area contributed by atoms with Gasteiger partial charge in [-0.15, -0.1) is 5.75 Å². The summed E-state index contributed by atoms with van der Waals surface area (Å²) in [4.78, 5) is 0. The Labute approximate surface area is 92.7 Å². The Morgan fingerprint density at radius 1 is 1.40 bits per heavy atom. The van der Waals surface area contributed by atoms with E-state index in [-0.39, 0.29) is 32.7 Å². The predicted molar refractivity (Wildman–Crippen MR) is 43.7 cm³/mol. The van der Waals surface area contributed by atoms with E-state index in [1.807, 2.05) is 0 Å². The normalized spacial score (nSPS) is 8.80. The molecular weight excluding hydrogens is 245 g/mol. The Morgan fingerprint density at radius 3 is 1.70 bits per heavy atom. The van der Waals surface area contributed by atoms with Gasteiger partial charge in [-0.25, -0.2) is 8.42 Å². The summed E-state index contributed by atoms with van der Waals surface area (Å²) in [5, 5.41) is 0. The van der Waals surface area contributed by atoms with Crippen LogP contribution in [-0.2, 0) is 41.6 Å². The summed E-state index contributed by atoms with van der Waals surface area (Å²) in [5.41, 5.74) is 0. The molecule has 61 valence electrons. The van der Waals surface area contributed by atoms with Crippen LogP contribution >= 0.6 is 10.8 Å². The number of rotatable bonds is 2. The van der Waals surface area contributed by atoms with Crippen molar-refractivity contribution in [2.75, 3.05) is 12.0 Å². The zero-order valence-corrected chi connectivity index (χ0v) is 10.8. The van der Waals surface area contributed by atoms with Crippen molar-refractivity contribution in [2.45, 2.75) is 6.92 Å². The fourth-order valence-electron chi connectivity index (χ4n) is 0.151. The van der Waals surface area contributed by atoms with E-state index in [4.69, 9.17) is 0 Å². The molecule has 2 nitrogen and oxygen atoms in total. The maximum absolute atomic E-state index is 10.2. The largest absolute Gasteiger partial charge is 0.346 e. The molecule has 5 heteroatoms. The molecule has 0 rings (SSSR count). The molecule has 0 spiro atoms. The smallest absolute Gasteiger partial charge is 0.196 e. The molecule has 0 aromatic rings. The first kappa shape index (κ1) is 17.5. The molecule has 0 aromatic heterocycles. The van der Waals surface area contributed by atoms with E-state index in [0.29, 0.717) is 5.75 Å². The van der Waals surface area contributed by atoms with E-state index in [1.54, 1.807) is 6.92 Å². The first-order chi connectivity index (χ1) is 4.06. The van der Waals surface area contributed by atoms with Gasteiger partial charge in [-0.1, -0.05) is 10.8 Å². The van der Waals surface area contributed by atoms with Gasteiger partial charge in [-0.3, -0.25) is 0 Å². The predicted octanol–water partition coefficient (Wildman–Crippen LogP) is 1.35. The van der Waals surface area contributed by atoms with Gasteiger partial charge in [0.2, 0.25) is 0 Å². The first-order valence-corrected chi connectivity index (χ1v) is 5.80. The van der Waals surface area contributed by atoms with Crippen LogP contribution in [0.2, 0.25) is 0 Å². The molecule has 0 N–H and O–H groups in total. The Hall–Kier alpha value is 1.40. The summed E-state index contributed by atoms with van der Waals surface area (Å²) in [7, 11) is -1.97. The minimum atomic E-state index is -2.82. The van der Waals surface area contributed by atoms with Gasteiger partial charge in [-0.05, 0) is 0 Å². The quantitative estimate of drug-likeness (QED) is 0.553. The van der Waals surface area contributed by atoms with Crippen molar-refractivity contribution in [1.29, 1.82) is 0 Å². The molecule has 0 unspecified atom stereocenters. The molecule has 0 fully saturated rings. The average Bonchev–Trinajstić information content (AvgIpc) is 1.69. The van der Waals surface area contributed by atoms with E-state index in [1.165, 1.54) is 6.26 Å². The van der Waals surface area contributed by atoms with Crippen molar-refractivity contribution in [2.24, 2.45) is 0 Å². The van der Waals surface area contributed by atoms with Gasteiger partial charge >= 0.3 is 0 Å². The SMILES string of the molecule is [CH2-]C.[CH2-]CSS(C)(=O)=O.[Y]. The Kier molecular flexibility index (Phi) is 18.2. The van der Waals surface area contributed by atoms with Gasteiger partial charge in [0, 0.05) is 39.0 Å². The Morgan fingerprint density at radius 2 is 1.70 bits per heavy atom. The summed E-state index contributed by atoms with van der Waals surface area (Å²) in [5.74, 6) is 0.388. The van der Waals surface area contributed by atoms with Crippen molar-refractivity contribution in [1.82, 2.24) is 0 Å². The average molecular weight is 257 g/mol. The molecule has 0 atom stereocenters. The minimum Gasteiger partial charge on any atom is -0.346 e. The van der Waals surface area contributed by atoms with Gasteiger partial charge in [-0.2, -0.15) is 6.92 Å². The van der Waals surface area contributed by atoms with E-state index in [0.717, 1.165) is 10.8 Å². The molecule has 0 aromatic carbocycles. The molecule has 0 bridgehead atoms.